The maximum atomic E-state index is 12.1. The molecule has 4 heteroatoms. The zero-order valence-electron chi connectivity index (χ0n) is 14.5. The van der Waals surface area contributed by atoms with Crippen LogP contribution in [-0.4, -0.2) is 17.9 Å². The topological polar surface area (TPSA) is 58.2 Å². The van der Waals surface area contributed by atoms with Gasteiger partial charge in [0, 0.05) is 23.4 Å². The van der Waals surface area contributed by atoms with E-state index < -0.39 is 0 Å². The van der Waals surface area contributed by atoms with Crippen molar-refractivity contribution in [1.82, 2.24) is 5.32 Å². The summed E-state index contributed by atoms with van der Waals surface area (Å²) in [5.41, 5.74) is 4.44. The van der Waals surface area contributed by atoms with Gasteiger partial charge in [0.2, 0.25) is 5.91 Å². The molecule has 2 N–H and O–H groups in total. The normalized spacial score (nSPS) is 13.7. The molecule has 0 aliphatic heterocycles. The lowest BCUT2D eigenvalue weighted by Crippen LogP contribution is -2.25. The van der Waals surface area contributed by atoms with Crippen molar-refractivity contribution in [3.8, 4) is 0 Å². The Balaban J connectivity index is 1.61. The molecule has 1 fully saturated rings. The van der Waals surface area contributed by atoms with E-state index in [-0.39, 0.29) is 11.8 Å². The third-order valence-electron chi connectivity index (χ3n) is 4.24. The highest BCUT2D eigenvalue weighted by Crippen LogP contribution is 2.20. The highest BCUT2D eigenvalue weighted by molar-refractivity contribution is 6.03. The first-order valence-electron chi connectivity index (χ1n) is 8.49. The third kappa shape index (κ3) is 4.57. The van der Waals surface area contributed by atoms with Gasteiger partial charge in [0.1, 0.15) is 0 Å². The smallest absolute Gasteiger partial charge is 0.251 e. The molecule has 1 saturated carbocycles. The van der Waals surface area contributed by atoms with Gasteiger partial charge in [-0.2, -0.15) is 0 Å². The molecule has 25 heavy (non-hydrogen) atoms. The van der Waals surface area contributed by atoms with E-state index in [4.69, 9.17) is 0 Å². The van der Waals surface area contributed by atoms with Gasteiger partial charge in [-0.05, 0) is 61.6 Å². The summed E-state index contributed by atoms with van der Waals surface area (Å²) in [6.45, 7) is 3.94. The molecule has 2 aromatic carbocycles. The molecule has 0 heterocycles. The molecule has 1 aliphatic carbocycles. The molecule has 0 spiro atoms. The Kier molecular flexibility index (Phi) is 4.98. The average Bonchev–Trinajstić information content (AvgIpc) is 3.41. The number of anilines is 1. The van der Waals surface area contributed by atoms with Gasteiger partial charge in [-0.25, -0.2) is 0 Å². The Hall–Kier alpha value is -2.88. The monoisotopic (exact) mass is 334 g/mol. The number of amides is 2. The second-order valence-corrected chi connectivity index (χ2v) is 6.46. The fraction of sp³-hybridized carbons (Fsp3) is 0.238. The van der Waals surface area contributed by atoms with Crippen LogP contribution in [0.3, 0.4) is 0 Å². The molecule has 2 amide bonds. The number of para-hydroxylation sites is 1. The van der Waals surface area contributed by atoms with Crippen LogP contribution in [0.2, 0.25) is 0 Å². The van der Waals surface area contributed by atoms with Gasteiger partial charge in [-0.1, -0.05) is 30.3 Å². The first-order chi connectivity index (χ1) is 12.0. The van der Waals surface area contributed by atoms with E-state index in [9.17, 15) is 9.59 Å². The van der Waals surface area contributed by atoms with E-state index in [0.717, 1.165) is 35.2 Å². The van der Waals surface area contributed by atoms with E-state index in [1.165, 1.54) is 6.08 Å². The molecular formula is C21H22N2O2. The summed E-state index contributed by atoms with van der Waals surface area (Å²) < 4.78 is 0. The molecular weight excluding hydrogens is 312 g/mol. The minimum absolute atomic E-state index is 0.0363. The number of carbonyl (C=O) groups excluding carboxylic acids is 2. The fourth-order valence-corrected chi connectivity index (χ4v) is 2.59. The van der Waals surface area contributed by atoms with Crippen LogP contribution in [0, 0.1) is 13.8 Å². The van der Waals surface area contributed by atoms with Crippen molar-refractivity contribution in [2.45, 2.75) is 32.7 Å². The first-order valence-corrected chi connectivity index (χ1v) is 8.49. The number of nitrogens with one attached hydrogen (secondary N) is 2. The van der Waals surface area contributed by atoms with Crippen LogP contribution in [0.5, 0.6) is 0 Å². The van der Waals surface area contributed by atoms with Crippen LogP contribution in [0.15, 0.2) is 48.5 Å². The van der Waals surface area contributed by atoms with Crippen molar-refractivity contribution in [2.75, 3.05) is 5.32 Å². The molecule has 3 rings (SSSR count). The molecule has 0 unspecified atom stereocenters. The first kappa shape index (κ1) is 17.0. The maximum Gasteiger partial charge on any atom is 0.251 e. The van der Waals surface area contributed by atoms with Gasteiger partial charge >= 0.3 is 0 Å². The summed E-state index contributed by atoms with van der Waals surface area (Å²) in [6, 6.07) is 13.5. The molecule has 4 nitrogen and oxygen atoms in total. The second-order valence-electron chi connectivity index (χ2n) is 6.46. The van der Waals surface area contributed by atoms with Crippen LogP contribution >= 0.6 is 0 Å². The summed E-state index contributed by atoms with van der Waals surface area (Å²) in [4.78, 5) is 24.1. The number of hydrogen-bond donors (Lipinski definition) is 2. The van der Waals surface area contributed by atoms with E-state index in [2.05, 4.69) is 10.6 Å². The van der Waals surface area contributed by atoms with Crippen molar-refractivity contribution in [1.29, 1.82) is 0 Å². The molecule has 1 aliphatic rings. The Labute approximate surface area is 148 Å². The lowest BCUT2D eigenvalue weighted by Gasteiger charge is -2.09. The largest absolute Gasteiger partial charge is 0.349 e. The minimum Gasteiger partial charge on any atom is -0.349 e. The maximum absolute atomic E-state index is 12.1. The number of aryl methyl sites for hydroxylation is 2. The van der Waals surface area contributed by atoms with E-state index in [1.807, 2.05) is 44.2 Å². The van der Waals surface area contributed by atoms with Crippen molar-refractivity contribution in [3.63, 3.8) is 0 Å². The van der Waals surface area contributed by atoms with E-state index in [0.29, 0.717) is 11.6 Å². The standard InChI is InChI=1S/C21H22N2O2/c1-14-4-3-5-15(2)20(14)23-19(24)13-8-16-6-9-17(10-7-16)21(25)22-18-11-12-18/h3-10,13,18H,11-12H2,1-2H3,(H,22,25)(H,23,24)/b13-8+. The molecule has 2 aromatic rings. The van der Waals surface area contributed by atoms with Crippen LogP contribution < -0.4 is 10.6 Å². The van der Waals surface area contributed by atoms with Crippen LogP contribution in [0.25, 0.3) is 6.08 Å². The number of hydrogen-bond acceptors (Lipinski definition) is 2. The van der Waals surface area contributed by atoms with E-state index >= 15 is 0 Å². The molecule has 0 bridgehead atoms. The highest BCUT2D eigenvalue weighted by Gasteiger charge is 2.23. The van der Waals surface area contributed by atoms with Gasteiger partial charge in [0.15, 0.2) is 0 Å². The van der Waals surface area contributed by atoms with Crippen molar-refractivity contribution >= 4 is 23.6 Å². The van der Waals surface area contributed by atoms with E-state index in [1.54, 1.807) is 18.2 Å². The number of benzene rings is 2. The molecule has 0 radical (unpaired) electrons. The minimum atomic E-state index is -0.173. The number of carbonyl (C=O) groups is 2. The molecule has 0 saturated heterocycles. The predicted molar refractivity (Wildman–Crippen MR) is 101 cm³/mol. The quantitative estimate of drug-likeness (QED) is 0.816. The average molecular weight is 334 g/mol. The molecule has 128 valence electrons. The highest BCUT2D eigenvalue weighted by atomic mass is 16.2. The summed E-state index contributed by atoms with van der Waals surface area (Å²) in [6.07, 6.45) is 5.39. The van der Waals surface area contributed by atoms with Gasteiger partial charge in [0.05, 0.1) is 0 Å². The lowest BCUT2D eigenvalue weighted by atomic mass is 10.1. The van der Waals surface area contributed by atoms with Crippen molar-refractivity contribution in [2.24, 2.45) is 0 Å². The Morgan fingerprint density at radius 2 is 1.64 bits per heavy atom. The van der Waals surface area contributed by atoms with Crippen molar-refractivity contribution < 1.29 is 9.59 Å². The summed E-state index contributed by atoms with van der Waals surface area (Å²) in [5, 5.41) is 5.87. The molecule has 0 atom stereocenters. The third-order valence-corrected chi connectivity index (χ3v) is 4.24. The SMILES string of the molecule is Cc1cccc(C)c1NC(=O)/C=C/c1ccc(C(=O)NC2CC2)cc1. The predicted octanol–water partition coefficient (Wildman–Crippen LogP) is 3.85. The van der Waals surface area contributed by atoms with Gasteiger partial charge in [0.25, 0.3) is 5.91 Å². The summed E-state index contributed by atoms with van der Waals surface area (Å²) in [7, 11) is 0. The Morgan fingerprint density at radius 1 is 1.00 bits per heavy atom. The van der Waals surface area contributed by atoms with Gasteiger partial charge < -0.3 is 10.6 Å². The number of rotatable bonds is 5. The van der Waals surface area contributed by atoms with Crippen LogP contribution in [-0.2, 0) is 4.79 Å². The van der Waals surface area contributed by atoms with Crippen LogP contribution in [0.1, 0.15) is 39.9 Å². The van der Waals surface area contributed by atoms with Crippen molar-refractivity contribution in [3.05, 3.63) is 70.8 Å². The summed E-state index contributed by atoms with van der Waals surface area (Å²) >= 11 is 0. The summed E-state index contributed by atoms with van der Waals surface area (Å²) in [5.74, 6) is -0.209. The fourth-order valence-electron chi connectivity index (χ4n) is 2.59. The van der Waals surface area contributed by atoms with Crippen LogP contribution in [0.4, 0.5) is 5.69 Å². The zero-order valence-corrected chi connectivity index (χ0v) is 14.5. The van der Waals surface area contributed by atoms with Gasteiger partial charge in [-0.15, -0.1) is 0 Å². The zero-order chi connectivity index (χ0) is 17.8. The second kappa shape index (κ2) is 7.34. The van der Waals surface area contributed by atoms with Gasteiger partial charge in [-0.3, -0.25) is 9.59 Å². The molecule has 0 aromatic heterocycles. The Bertz CT molecular complexity index is 798. The lowest BCUT2D eigenvalue weighted by molar-refractivity contribution is -0.111. The Morgan fingerprint density at radius 3 is 2.24 bits per heavy atom.